The van der Waals surface area contributed by atoms with Crippen LogP contribution >= 0.6 is 27.7 Å². The molecule has 10 heteroatoms. The molecule has 0 aromatic carbocycles. The van der Waals surface area contributed by atoms with E-state index in [2.05, 4.69) is 36.5 Å². The number of aromatic nitrogens is 2. The molecule has 2 aliphatic rings. The molecule has 4 heterocycles. The number of aromatic amines is 1. The van der Waals surface area contributed by atoms with Gasteiger partial charge < -0.3 is 24.9 Å². The first-order valence-corrected chi connectivity index (χ1v) is 12.3. The number of imidazole rings is 1. The van der Waals surface area contributed by atoms with E-state index in [4.69, 9.17) is 4.42 Å². The molecule has 0 saturated carbocycles. The largest absolute Gasteiger partial charge is 0.444 e. The van der Waals surface area contributed by atoms with E-state index in [0.29, 0.717) is 24.2 Å². The molecular formula is C20H26BrN5O3S. The van der Waals surface area contributed by atoms with Crippen LogP contribution in [-0.4, -0.2) is 64.4 Å². The molecule has 4 rings (SSSR count). The van der Waals surface area contributed by atoms with E-state index in [-0.39, 0.29) is 23.1 Å². The average Bonchev–Trinajstić information content (AvgIpc) is 3.41. The number of nitrogens with one attached hydrogen (secondary N) is 3. The normalized spacial score (nSPS) is 18.8. The molecule has 2 aromatic heterocycles. The molecule has 0 radical (unpaired) electrons. The fourth-order valence-corrected chi connectivity index (χ4v) is 5.11. The molecule has 1 spiro atoms. The number of halogens is 1. The molecule has 1 saturated heterocycles. The lowest BCUT2D eigenvalue weighted by atomic mass is 9.80. The molecule has 162 valence electrons. The van der Waals surface area contributed by atoms with Crippen LogP contribution in [0.1, 0.15) is 41.2 Å². The van der Waals surface area contributed by atoms with Crippen molar-refractivity contribution >= 4 is 39.5 Å². The highest BCUT2D eigenvalue weighted by Crippen LogP contribution is 2.36. The molecule has 1 fully saturated rings. The topological polar surface area (TPSA) is 103 Å². The van der Waals surface area contributed by atoms with Gasteiger partial charge in [0.2, 0.25) is 5.91 Å². The SMILES string of the molecule is CSCCC(NC(=O)c1ccc(Br)o1)C(=O)N1CCC2(CC1)NCCc1[nH]cnc12. The van der Waals surface area contributed by atoms with Crippen LogP contribution in [-0.2, 0) is 16.8 Å². The Bertz CT molecular complexity index is 906. The maximum atomic E-state index is 13.3. The van der Waals surface area contributed by atoms with Crippen LogP contribution in [0.2, 0.25) is 0 Å². The van der Waals surface area contributed by atoms with Crippen molar-refractivity contribution in [3.05, 3.63) is 40.3 Å². The van der Waals surface area contributed by atoms with Crippen molar-refractivity contribution in [2.75, 3.05) is 31.6 Å². The number of hydrogen-bond donors (Lipinski definition) is 3. The van der Waals surface area contributed by atoms with Crippen LogP contribution in [0.5, 0.6) is 0 Å². The standard InChI is InChI=1S/C20H26BrN5O3S/c1-30-11-5-14(25-18(27)15-2-3-16(21)29-15)19(28)26-9-6-20(7-10-26)17-13(4-8-24-20)22-12-23-17/h2-3,12,14,24H,4-11H2,1H3,(H,22,23)(H,25,27). The minimum atomic E-state index is -0.567. The predicted octanol–water partition coefficient (Wildman–Crippen LogP) is 2.28. The fourth-order valence-electron chi connectivity index (χ4n) is 4.34. The van der Waals surface area contributed by atoms with E-state index in [1.54, 1.807) is 30.2 Å². The van der Waals surface area contributed by atoms with Crippen LogP contribution in [0.15, 0.2) is 27.5 Å². The minimum absolute atomic E-state index is 0.0315. The first kappa shape index (κ1) is 21.5. The minimum Gasteiger partial charge on any atom is -0.444 e. The lowest BCUT2D eigenvalue weighted by Gasteiger charge is -2.44. The van der Waals surface area contributed by atoms with Gasteiger partial charge in [-0.25, -0.2) is 4.98 Å². The highest BCUT2D eigenvalue weighted by atomic mass is 79.9. The highest BCUT2D eigenvalue weighted by Gasteiger charge is 2.42. The van der Waals surface area contributed by atoms with Crippen LogP contribution in [0.25, 0.3) is 0 Å². The summed E-state index contributed by atoms with van der Waals surface area (Å²) in [4.78, 5) is 35.5. The molecule has 0 aliphatic carbocycles. The summed E-state index contributed by atoms with van der Waals surface area (Å²) in [7, 11) is 0. The summed E-state index contributed by atoms with van der Waals surface area (Å²) in [6.07, 6.45) is 6.91. The Balaban J connectivity index is 1.42. The number of H-pyrrole nitrogens is 1. The molecule has 1 atom stereocenters. The number of amides is 2. The van der Waals surface area contributed by atoms with Crippen LogP contribution in [0, 0.1) is 0 Å². The van der Waals surface area contributed by atoms with Gasteiger partial charge in [0.1, 0.15) is 6.04 Å². The number of furan rings is 1. The molecule has 3 N–H and O–H groups in total. The summed E-state index contributed by atoms with van der Waals surface area (Å²) in [5.74, 6) is 0.577. The summed E-state index contributed by atoms with van der Waals surface area (Å²) in [6.45, 7) is 2.18. The Morgan fingerprint density at radius 3 is 2.90 bits per heavy atom. The first-order chi connectivity index (χ1) is 14.5. The van der Waals surface area contributed by atoms with Gasteiger partial charge in [0.25, 0.3) is 5.91 Å². The van der Waals surface area contributed by atoms with Gasteiger partial charge in [-0.05, 0) is 59.3 Å². The third-order valence-electron chi connectivity index (χ3n) is 5.95. The van der Waals surface area contributed by atoms with Gasteiger partial charge in [-0.15, -0.1) is 0 Å². The lowest BCUT2D eigenvalue weighted by molar-refractivity contribution is -0.135. The number of thioether (sulfide) groups is 1. The zero-order valence-electron chi connectivity index (χ0n) is 16.9. The zero-order valence-corrected chi connectivity index (χ0v) is 19.3. The van der Waals surface area contributed by atoms with Crippen molar-refractivity contribution in [1.29, 1.82) is 0 Å². The summed E-state index contributed by atoms with van der Waals surface area (Å²) >= 11 is 4.86. The van der Waals surface area contributed by atoms with Gasteiger partial charge in [-0.2, -0.15) is 11.8 Å². The molecule has 1 unspecified atom stereocenters. The van der Waals surface area contributed by atoms with E-state index in [9.17, 15) is 9.59 Å². The van der Waals surface area contributed by atoms with Gasteiger partial charge in [-0.1, -0.05) is 0 Å². The van der Waals surface area contributed by atoms with Crippen molar-refractivity contribution in [1.82, 2.24) is 25.5 Å². The number of carbonyl (C=O) groups is 2. The number of fused-ring (bicyclic) bond motifs is 2. The van der Waals surface area contributed by atoms with Crippen molar-refractivity contribution in [3.8, 4) is 0 Å². The number of hydrogen-bond acceptors (Lipinski definition) is 6. The van der Waals surface area contributed by atoms with E-state index in [1.807, 2.05) is 11.2 Å². The van der Waals surface area contributed by atoms with Gasteiger partial charge in [-0.3, -0.25) is 9.59 Å². The predicted molar refractivity (Wildman–Crippen MR) is 118 cm³/mol. The Labute approximate surface area is 188 Å². The summed E-state index contributed by atoms with van der Waals surface area (Å²) in [6, 6.07) is 2.69. The summed E-state index contributed by atoms with van der Waals surface area (Å²) in [5, 5.41) is 6.52. The fraction of sp³-hybridized carbons (Fsp3) is 0.550. The van der Waals surface area contributed by atoms with Gasteiger partial charge in [0, 0.05) is 31.7 Å². The second-order valence-electron chi connectivity index (χ2n) is 7.73. The van der Waals surface area contributed by atoms with E-state index < -0.39 is 6.04 Å². The molecule has 30 heavy (non-hydrogen) atoms. The van der Waals surface area contributed by atoms with Crippen molar-refractivity contribution in [2.45, 2.75) is 37.3 Å². The number of likely N-dealkylation sites (tertiary alicyclic amines) is 1. The van der Waals surface area contributed by atoms with Crippen molar-refractivity contribution < 1.29 is 14.0 Å². The molecule has 2 aromatic rings. The first-order valence-electron chi connectivity index (χ1n) is 10.1. The molecular weight excluding hydrogens is 470 g/mol. The van der Waals surface area contributed by atoms with Crippen molar-refractivity contribution in [2.24, 2.45) is 0 Å². The van der Waals surface area contributed by atoms with Crippen molar-refractivity contribution in [3.63, 3.8) is 0 Å². The molecule has 2 amide bonds. The second kappa shape index (κ2) is 9.15. The Kier molecular flexibility index (Phi) is 6.54. The van der Waals surface area contributed by atoms with E-state index in [0.717, 1.165) is 37.3 Å². The maximum absolute atomic E-state index is 13.3. The quantitative estimate of drug-likeness (QED) is 0.567. The van der Waals surface area contributed by atoms with E-state index in [1.165, 1.54) is 5.69 Å². The molecule has 2 aliphatic heterocycles. The third kappa shape index (κ3) is 4.31. The van der Waals surface area contributed by atoms with Gasteiger partial charge in [0.05, 0.1) is 17.6 Å². The molecule has 8 nitrogen and oxygen atoms in total. The summed E-state index contributed by atoms with van der Waals surface area (Å²) < 4.78 is 5.82. The third-order valence-corrected chi connectivity index (χ3v) is 7.02. The monoisotopic (exact) mass is 495 g/mol. The van der Waals surface area contributed by atoms with Gasteiger partial charge >= 0.3 is 0 Å². The van der Waals surface area contributed by atoms with E-state index >= 15 is 0 Å². The highest BCUT2D eigenvalue weighted by molar-refractivity contribution is 9.10. The van der Waals surface area contributed by atoms with Crippen LogP contribution in [0.4, 0.5) is 0 Å². The maximum Gasteiger partial charge on any atom is 0.287 e. The zero-order chi connectivity index (χ0) is 21.1. The number of carbonyl (C=O) groups excluding carboxylic acids is 2. The van der Waals surface area contributed by atoms with Crippen LogP contribution in [0.3, 0.4) is 0 Å². The smallest absolute Gasteiger partial charge is 0.287 e. The second-order valence-corrected chi connectivity index (χ2v) is 9.49. The van der Waals surface area contributed by atoms with Gasteiger partial charge in [0.15, 0.2) is 10.4 Å². The number of nitrogens with zero attached hydrogens (tertiary/aromatic N) is 2. The Morgan fingerprint density at radius 2 is 2.20 bits per heavy atom. The Hall–Kier alpha value is -1.78. The molecule has 0 bridgehead atoms. The van der Waals surface area contributed by atoms with Crippen LogP contribution < -0.4 is 10.6 Å². The number of piperidine rings is 1. The summed E-state index contributed by atoms with van der Waals surface area (Å²) in [5.41, 5.74) is 2.13. The average molecular weight is 496 g/mol. The lowest BCUT2D eigenvalue weighted by Crippen LogP contribution is -2.57. The Morgan fingerprint density at radius 1 is 1.40 bits per heavy atom. The number of rotatable bonds is 6.